The third-order valence-electron chi connectivity index (χ3n) is 3.10. The van der Waals surface area contributed by atoms with Crippen LogP contribution < -0.4 is 11.1 Å². The van der Waals surface area contributed by atoms with Crippen LogP contribution in [-0.4, -0.2) is 23.5 Å². The van der Waals surface area contributed by atoms with Crippen molar-refractivity contribution in [2.75, 3.05) is 6.54 Å². The quantitative estimate of drug-likeness (QED) is 0.898. The number of nitrogens with two attached hydrogens (primary N) is 1. The summed E-state index contributed by atoms with van der Waals surface area (Å²) >= 11 is 0. The molecule has 0 aliphatic heterocycles. The van der Waals surface area contributed by atoms with E-state index in [9.17, 15) is 9.18 Å². The minimum Gasteiger partial charge on any atom is -0.352 e. The van der Waals surface area contributed by atoms with E-state index in [1.165, 1.54) is 12.1 Å². The molecule has 1 aromatic heterocycles. The molecule has 106 valence electrons. The van der Waals surface area contributed by atoms with E-state index in [1.54, 1.807) is 19.1 Å². The monoisotopic (exact) mass is 275 g/mol. The maximum Gasteiger partial charge on any atom is 0.253 e. The highest BCUT2D eigenvalue weighted by molar-refractivity contribution is 5.98. The van der Waals surface area contributed by atoms with Gasteiger partial charge in [-0.2, -0.15) is 0 Å². The van der Waals surface area contributed by atoms with Crippen molar-refractivity contribution in [3.8, 4) is 0 Å². The van der Waals surface area contributed by atoms with Crippen LogP contribution in [0.2, 0.25) is 0 Å². The first-order chi connectivity index (χ1) is 9.47. The van der Waals surface area contributed by atoms with Crippen LogP contribution in [0.25, 0.3) is 10.9 Å². The normalized spacial score (nSPS) is 12.4. The van der Waals surface area contributed by atoms with Crippen molar-refractivity contribution in [1.29, 1.82) is 0 Å². The highest BCUT2D eigenvalue weighted by Gasteiger charge is 2.11. The summed E-state index contributed by atoms with van der Waals surface area (Å²) in [5.74, 6) is -0.514. The Kier molecular flexibility index (Phi) is 4.29. The third kappa shape index (κ3) is 3.30. The number of fused-ring (bicyclic) bond motifs is 1. The first-order valence-corrected chi connectivity index (χ1v) is 6.58. The average Bonchev–Trinajstić information content (AvgIpc) is 2.37. The topological polar surface area (TPSA) is 68.0 Å². The average molecular weight is 275 g/mol. The number of hydrogen-bond donors (Lipinski definition) is 2. The highest BCUT2D eigenvalue weighted by atomic mass is 19.1. The van der Waals surface area contributed by atoms with E-state index in [0.717, 1.165) is 11.8 Å². The molecule has 0 bridgehead atoms. The maximum absolute atomic E-state index is 13.1. The molecule has 0 saturated carbocycles. The van der Waals surface area contributed by atoms with Crippen molar-refractivity contribution >= 4 is 16.8 Å². The molecular weight excluding hydrogens is 257 g/mol. The Hall–Kier alpha value is -2.01. The van der Waals surface area contributed by atoms with Gasteiger partial charge in [-0.3, -0.25) is 9.78 Å². The lowest BCUT2D eigenvalue weighted by Gasteiger charge is -2.10. The van der Waals surface area contributed by atoms with Gasteiger partial charge in [0.15, 0.2) is 0 Å². The Balaban J connectivity index is 2.23. The van der Waals surface area contributed by atoms with Crippen LogP contribution in [0.4, 0.5) is 4.39 Å². The number of amides is 1. The number of pyridine rings is 1. The molecule has 0 saturated heterocycles. The van der Waals surface area contributed by atoms with Gasteiger partial charge in [0.25, 0.3) is 5.91 Å². The number of aryl methyl sites for hydroxylation is 1. The van der Waals surface area contributed by atoms with Crippen molar-refractivity contribution in [1.82, 2.24) is 10.3 Å². The van der Waals surface area contributed by atoms with E-state index in [1.807, 2.05) is 6.92 Å². The first kappa shape index (κ1) is 14.4. The Morgan fingerprint density at radius 1 is 1.45 bits per heavy atom. The molecule has 1 unspecified atom stereocenters. The zero-order chi connectivity index (χ0) is 14.7. The number of benzene rings is 1. The van der Waals surface area contributed by atoms with Crippen molar-refractivity contribution < 1.29 is 9.18 Å². The molecule has 0 fully saturated rings. The van der Waals surface area contributed by atoms with E-state index < -0.39 is 0 Å². The number of carbonyl (C=O) groups excluding carboxylic acids is 1. The largest absolute Gasteiger partial charge is 0.352 e. The fourth-order valence-electron chi connectivity index (χ4n) is 1.97. The minimum absolute atomic E-state index is 0.0501. The molecule has 4 nitrogen and oxygen atoms in total. The maximum atomic E-state index is 13.1. The predicted molar refractivity (Wildman–Crippen MR) is 77.0 cm³/mol. The van der Waals surface area contributed by atoms with E-state index in [4.69, 9.17) is 5.73 Å². The summed E-state index contributed by atoms with van der Waals surface area (Å²) in [6.45, 7) is 4.16. The van der Waals surface area contributed by atoms with E-state index in [-0.39, 0.29) is 17.8 Å². The number of nitrogens with zero attached hydrogens (tertiary/aromatic N) is 1. The van der Waals surface area contributed by atoms with Crippen LogP contribution in [0.1, 0.15) is 29.4 Å². The number of nitrogens with one attached hydrogen (secondary N) is 1. The van der Waals surface area contributed by atoms with Gasteiger partial charge in [0, 0.05) is 24.0 Å². The molecule has 20 heavy (non-hydrogen) atoms. The predicted octanol–water partition coefficient (Wildman–Crippen LogP) is 2.15. The van der Waals surface area contributed by atoms with Gasteiger partial charge < -0.3 is 11.1 Å². The Morgan fingerprint density at radius 3 is 2.90 bits per heavy atom. The van der Waals surface area contributed by atoms with Crippen LogP contribution in [0.5, 0.6) is 0 Å². The molecule has 2 rings (SSSR count). The molecular formula is C15H18FN3O. The standard InChI is InChI=1S/C15H18FN3O/c1-9(17)5-6-18-15(20)13-7-11-3-4-12(16)8-14(11)19-10(13)2/h3-4,7-9H,5-6,17H2,1-2H3,(H,18,20). The highest BCUT2D eigenvalue weighted by Crippen LogP contribution is 2.17. The summed E-state index contributed by atoms with van der Waals surface area (Å²) in [5.41, 5.74) is 7.28. The van der Waals surface area contributed by atoms with Gasteiger partial charge in [-0.1, -0.05) is 0 Å². The van der Waals surface area contributed by atoms with Crippen molar-refractivity contribution in [3.63, 3.8) is 0 Å². The Labute approximate surface area is 117 Å². The van der Waals surface area contributed by atoms with Crippen molar-refractivity contribution in [2.45, 2.75) is 26.3 Å². The number of carbonyl (C=O) groups is 1. The molecule has 0 radical (unpaired) electrons. The Morgan fingerprint density at radius 2 is 2.20 bits per heavy atom. The van der Waals surface area contributed by atoms with Crippen LogP contribution >= 0.6 is 0 Å². The number of rotatable bonds is 4. The van der Waals surface area contributed by atoms with E-state index in [2.05, 4.69) is 10.3 Å². The summed E-state index contributed by atoms with van der Waals surface area (Å²) in [4.78, 5) is 16.4. The summed E-state index contributed by atoms with van der Waals surface area (Å²) in [7, 11) is 0. The SMILES string of the molecule is Cc1nc2cc(F)ccc2cc1C(=O)NCCC(C)N. The molecule has 1 heterocycles. The fraction of sp³-hybridized carbons (Fsp3) is 0.333. The number of hydrogen-bond acceptors (Lipinski definition) is 3. The minimum atomic E-state index is -0.335. The molecule has 2 aromatic rings. The second-order valence-corrected chi connectivity index (χ2v) is 4.98. The van der Waals surface area contributed by atoms with Gasteiger partial charge in [-0.15, -0.1) is 0 Å². The molecule has 1 aromatic carbocycles. The first-order valence-electron chi connectivity index (χ1n) is 6.58. The van der Waals surface area contributed by atoms with Crippen LogP contribution in [0.15, 0.2) is 24.3 Å². The third-order valence-corrected chi connectivity index (χ3v) is 3.10. The van der Waals surface area contributed by atoms with E-state index >= 15 is 0 Å². The molecule has 5 heteroatoms. The lowest BCUT2D eigenvalue weighted by atomic mass is 10.1. The van der Waals surface area contributed by atoms with Gasteiger partial charge in [0.2, 0.25) is 0 Å². The second kappa shape index (κ2) is 5.96. The van der Waals surface area contributed by atoms with Gasteiger partial charge in [-0.25, -0.2) is 4.39 Å². The van der Waals surface area contributed by atoms with Gasteiger partial charge in [-0.05, 0) is 38.5 Å². The van der Waals surface area contributed by atoms with E-state index in [0.29, 0.717) is 23.3 Å². The molecule has 1 atom stereocenters. The van der Waals surface area contributed by atoms with Gasteiger partial charge >= 0.3 is 0 Å². The molecule has 1 amide bonds. The molecule has 0 aliphatic rings. The zero-order valence-corrected chi connectivity index (χ0v) is 11.6. The Bertz CT molecular complexity index is 640. The molecule has 0 aliphatic carbocycles. The van der Waals surface area contributed by atoms with Crippen molar-refractivity contribution in [3.05, 3.63) is 41.3 Å². The summed E-state index contributed by atoms with van der Waals surface area (Å²) < 4.78 is 13.1. The van der Waals surface area contributed by atoms with Crippen molar-refractivity contribution in [2.24, 2.45) is 5.73 Å². The molecule has 3 N–H and O–H groups in total. The fourth-order valence-corrected chi connectivity index (χ4v) is 1.97. The van der Waals surface area contributed by atoms with Crippen LogP contribution in [0, 0.1) is 12.7 Å². The lowest BCUT2D eigenvalue weighted by Crippen LogP contribution is -2.29. The van der Waals surface area contributed by atoms with Crippen LogP contribution in [-0.2, 0) is 0 Å². The van der Waals surface area contributed by atoms with Gasteiger partial charge in [0.05, 0.1) is 16.8 Å². The summed E-state index contributed by atoms with van der Waals surface area (Å²) in [6, 6.07) is 6.12. The second-order valence-electron chi connectivity index (χ2n) is 4.98. The summed E-state index contributed by atoms with van der Waals surface area (Å²) in [6.07, 6.45) is 0.719. The summed E-state index contributed by atoms with van der Waals surface area (Å²) in [5, 5.41) is 3.56. The van der Waals surface area contributed by atoms with Crippen LogP contribution in [0.3, 0.4) is 0 Å². The van der Waals surface area contributed by atoms with Gasteiger partial charge in [0.1, 0.15) is 5.82 Å². The smallest absolute Gasteiger partial charge is 0.253 e. The molecule has 0 spiro atoms. The lowest BCUT2D eigenvalue weighted by molar-refractivity contribution is 0.0952. The number of halogens is 1. The number of aromatic nitrogens is 1. The zero-order valence-electron chi connectivity index (χ0n) is 11.6.